The molecule has 0 bridgehead atoms. The van der Waals surface area contributed by atoms with Crippen molar-refractivity contribution in [1.29, 1.82) is 0 Å². The number of methoxy groups -OCH3 is 3. The molecule has 1 aromatic rings. The van der Waals surface area contributed by atoms with Crippen LogP contribution in [-0.4, -0.2) is 33.3 Å². The van der Waals surface area contributed by atoms with E-state index in [9.17, 15) is 9.59 Å². The highest BCUT2D eigenvalue weighted by atomic mass is 16.5. The fraction of sp³-hybridized carbons (Fsp3) is 0.467. The van der Waals surface area contributed by atoms with Crippen LogP contribution in [0, 0.1) is 0 Å². The molecule has 0 aliphatic heterocycles. The molecular formula is C15H20O6. The first-order valence-corrected chi connectivity index (χ1v) is 6.41. The molecule has 6 heteroatoms. The second-order valence-corrected chi connectivity index (χ2v) is 4.41. The highest BCUT2D eigenvalue weighted by Crippen LogP contribution is 2.34. The summed E-state index contributed by atoms with van der Waals surface area (Å²) in [5, 5.41) is 0. The molecule has 116 valence electrons. The van der Waals surface area contributed by atoms with Gasteiger partial charge >= 0.3 is 11.9 Å². The van der Waals surface area contributed by atoms with Crippen LogP contribution in [0.25, 0.3) is 0 Å². The molecule has 0 aliphatic rings. The lowest BCUT2D eigenvalue weighted by molar-refractivity contribution is -0.145. The Hall–Kier alpha value is -2.24. The van der Waals surface area contributed by atoms with Crippen LogP contribution in [0.4, 0.5) is 0 Å². The second kappa shape index (κ2) is 7.52. The third-order valence-electron chi connectivity index (χ3n) is 2.98. The van der Waals surface area contributed by atoms with E-state index in [0.717, 1.165) is 0 Å². The quantitative estimate of drug-likeness (QED) is 0.748. The van der Waals surface area contributed by atoms with Crippen molar-refractivity contribution in [2.75, 3.05) is 21.3 Å². The van der Waals surface area contributed by atoms with Gasteiger partial charge in [-0.05, 0) is 19.1 Å². The van der Waals surface area contributed by atoms with Gasteiger partial charge in [-0.2, -0.15) is 0 Å². The average molecular weight is 296 g/mol. The van der Waals surface area contributed by atoms with Crippen LogP contribution in [0.3, 0.4) is 0 Å². The Morgan fingerprint density at radius 2 is 1.71 bits per heavy atom. The van der Waals surface area contributed by atoms with E-state index in [4.69, 9.17) is 14.2 Å². The van der Waals surface area contributed by atoms with Gasteiger partial charge in [0.2, 0.25) is 0 Å². The molecule has 0 heterocycles. The van der Waals surface area contributed by atoms with Crippen molar-refractivity contribution in [3.8, 4) is 11.5 Å². The topological polar surface area (TPSA) is 71.1 Å². The van der Waals surface area contributed by atoms with Crippen molar-refractivity contribution < 1.29 is 28.5 Å². The van der Waals surface area contributed by atoms with Gasteiger partial charge in [0.25, 0.3) is 0 Å². The van der Waals surface area contributed by atoms with Gasteiger partial charge in [-0.15, -0.1) is 0 Å². The first kappa shape index (κ1) is 16.8. The SMILES string of the molecule is COC(=O)Cc1cc(OC)c(C(C)OC(C)=O)cc1OC. The monoisotopic (exact) mass is 296 g/mol. The van der Waals surface area contributed by atoms with Crippen LogP contribution < -0.4 is 9.47 Å². The van der Waals surface area contributed by atoms with Gasteiger partial charge < -0.3 is 18.9 Å². The van der Waals surface area contributed by atoms with Gasteiger partial charge in [0.15, 0.2) is 0 Å². The van der Waals surface area contributed by atoms with E-state index in [0.29, 0.717) is 22.6 Å². The number of esters is 2. The summed E-state index contributed by atoms with van der Waals surface area (Å²) < 4.78 is 20.4. The zero-order valence-electron chi connectivity index (χ0n) is 12.9. The fourth-order valence-electron chi connectivity index (χ4n) is 1.98. The Balaban J connectivity index is 3.21. The molecule has 0 saturated carbocycles. The third kappa shape index (κ3) is 4.37. The van der Waals surface area contributed by atoms with Crippen molar-refractivity contribution in [2.24, 2.45) is 0 Å². The fourth-order valence-corrected chi connectivity index (χ4v) is 1.98. The summed E-state index contributed by atoms with van der Waals surface area (Å²) in [5.41, 5.74) is 1.30. The van der Waals surface area contributed by atoms with Crippen LogP contribution in [0.15, 0.2) is 12.1 Å². The summed E-state index contributed by atoms with van der Waals surface area (Å²) in [6, 6.07) is 3.38. The van der Waals surface area contributed by atoms with Crippen molar-refractivity contribution in [2.45, 2.75) is 26.4 Å². The standard InChI is InChI=1S/C15H20O6/c1-9(21-10(2)16)12-8-13(18-3)11(6-14(12)19-4)7-15(17)20-5/h6,8-9H,7H2,1-5H3. The molecule has 0 aliphatic carbocycles. The van der Waals surface area contributed by atoms with E-state index in [1.807, 2.05) is 0 Å². The van der Waals surface area contributed by atoms with Crippen molar-refractivity contribution >= 4 is 11.9 Å². The molecule has 0 amide bonds. The minimum Gasteiger partial charge on any atom is -0.496 e. The summed E-state index contributed by atoms with van der Waals surface area (Å²) in [4.78, 5) is 22.5. The summed E-state index contributed by atoms with van der Waals surface area (Å²) in [7, 11) is 4.33. The van der Waals surface area contributed by atoms with E-state index in [2.05, 4.69) is 4.74 Å². The van der Waals surface area contributed by atoms with Crippen LogP contribution in [0.5, 0.6) is 11.5 Å². The van der Waals surface area contributed by atoms with Gasteiger partial charge in [-0.1, -0.05) is 0 Å². The normalized spacial score (nSPS) is 11.5. The maximum atomic E-state index is 11.4. The number of benzene rings is 1. The summed E-state index contributed by atoms with van der Waals surface area (Å²) in [6.07, 6.45) is -0.420. The van der Waals surface area contributed by atoms with Gasteiger partial charge in [0.05, 0.1) is 27.8 Å². The van der Waals surface area contributed by atoms with Gasteiger partial charge in [0.1, 0.15) is 17.6 Å². The molecule has 0 radical (unpaired) electrons. The van der Waals surface area contributed by atoms with E-state index < -0.39 is 6.10 Å². The second-order valence-electron chi connectivity index (χ2n) is 4.41. The molecule has 0 saturated heterocycles. The van der Waals surface area contributed by atoms with Crippen LogP contribution in [0.2, 0.25) is 0 Å². The van der Waals surface area contributed by atoms with Gasteiger partial charge in [0, 0.05) is 18.1 Å². The van der Waals surface area contributed by atoms with E-state index in [1.165, 1.54) is 28.3 Å². The molecule has 0 aromatic heterocycles. The van der Waals surface area contributed by atoms with Crippen molar-refractivity contribution in [3.63, 3.8) is 0 Å². The third-order valence-corrected chi connectivity index (χ3v) is 2.98. The number of hydrogen-bond donors (Lipinski definition) is 0. The number of carbonyl (C=O) groups excluding carboxylic acids is 2. The molecule has 0 N–H and O–H groups in total. The molecule has 1 aromatic carbocycles. The van der Waals surface area contributed by atoms with E-state index in [1.54, 1.807) is 19.1 Å². The predicted molar refractivity (Wildman–Crippen MR) is 75.4 cm³/mol. The summed E-state index contributed by atoms with van der Waals surface area (Å²) >= 11 is 0. The maximum Gasteiger partial charge on any atom is 0.310 e. The Kier molecular flexibility index (Phi) is 6.02. The van der Waals surface area contributed by atoms with E-state index in [-0.39, 0.29) is 18.4 Å². The average Bonchev–Trinajstić information content (AvgIpc) is 2.45. The van der Waals surface area contributed by atoms with Crippen molar-refractivity contribution in [1.82, 2.24) is 0 Å². The maximum absolute atomic E-state index is 11.4. The molecule has 0 fully saturated rings. The minimum atomic E-state index is -0.487. The van der Waals surface area contributed by atoms with Gasteiger partial charge in [-0.25, -0.2) is 0 Å². The molecular weight excluding hydrogens is 276 g/mol. The lowest BCUT2D eigenvalue weighted by atomic mass is 10.0. The molecule has 1 unspecified atom stereocenters. The van der Waals surface area contributed by atoms with E-state index >= 15 is 0 Å². The molecule has 6 nitrogen and oxygen atoms in total. The number of ether oxygens (including phenoxy) is 4. The Morgan fingerprint density at radius 1 is 1.10 bits per heavy atom. The molecule has 1 atom stereocenters. The van der Waals surface area contributed by atoms with Crippen molar-refractivity contribution in [3.05, 3.63) is 23.3 Å². The molecule has 21 heavy (non-hydrogen) atoms. The predicted octanol–water partition coefficient (Wildman–Crippen LogP) is 2.04. The molecule has 0 spiro atoms. The number of rotatable bonds is 6. The number of hydrogen-bond acceptors (Lipinski definition) is 6. The van der Waals surface area contributed by atoms with Gasteiger partial charge in [-0.3, -0.25) is 9.59 Å². The zero-order valence-corrected chi connectivity index (χ0v) is 12.9. The van der Waals surface area contributed by atoms with Crippen LogP contribution in [0.1, 0.15) is 31.1 Å². The Morgan fingerprint density at radius 3 is 2.19 bits per heavy atom. The van der Waals surface area contributed by atoms with Crippen LogP contribution >= 0.6 is 0 Å². The summed E-state index contributed by atoms with van der Waals surface area (Å²) in [6.45, 7) is 3.07. The van der Waals surface area contributed by atoms with Crippen LogP contribution in [-0.2, 0) is 25.5 Å². The highest BCUT2D eigenvalue weighted by molar-refractivity contribution is 5.74. The largest absolute Gasteiger partial charge is 0.496 e. The summed E-state index contributed by atoms with van der Waals surface area (Å²) in [5.74, 6) is 0.261. The lowest BCUT2D eigenvalue weighted by Crippen LogP contribution is -2.10. The first-order valence-electron chi connectivity index (χ1n) is 6.41. The Labute approximate surface area is 123 Å². The smallest absolute Gasteiger partial charge is 0.310 e. The zero-order chi connectivity index (χ0) is 16.0. The molecule has 1 rings (SSSR count). The lowest BCUT2D eigenvalue weighted by Gasteiger charge is -2.18. The first-order chi connectivity index (χ1) is 9.92. The number of carbonyl (C=O) groups is 2. The minimum absolute atomic E-state index is 0.0677. The highest BCUT2D eigenvalue weighted by Gasteiger charge is 2.19. The Bertz CT molecular complexity index is 523.